The molecule has 0 saturated carbocycles. The molecule has 12 heavy (non-hydrogen) atoms. The third-order valence-corrected chi connectivity index (χ3v) is 0.200. The summed E-state index contributed by atoms with van der Waals surface area (Å²) in [5.74, 6) is 0. The first-order valence-corrected chi connectivity index (χ1v) is 2.26. The van der Waals surface area contributed by atoms with Crippen LogP contribution < -0.4 is 37.2 Å². The number of rotatable bonds is 2. The first kappa shape index (κ1) is 37.9. The fourth-order valence-corrected chi connectivity index (χ4v) is 0. The summed E-state index contributed by atoms with van der Waals surface area (Å²) in [4.78, 5) is 0. The molecule has 0 amide bonds. The molecule has 4 N–H and O–H groups in total. The summed E-state index contributed by atoms with van der Waals surface area (Å²) in [5, 5.41) is 30.5. The fourth-order valence-electron chi connectivity index (χ4n) is 0. The SMILES string of the molecule is OCCO.OCCO.[Cl-].[Cl-].[Cl-].[Fe+3]. The fraction of sp³-hybridized carbons (Fsp3) is 1.00. The Balaban J connectivity index is -0.0000000112. The molecule has 4 nitrogen and oxygen atoms in total. The number of halogens is 3. The zero-order chi connectivity index (χ0) is 6.83. The molecule has 0 aromatic heterocycles. The van der Waals surface area contributed by atoms with Crippen molar-refractivity contribution in [3.8, 4) is 0 Å². The zero-order valence-corrected chi connectivity index (χ0v) is 9.48. The molecule has 8 heteroatoms. The van der Waals surface area contributed by atoms with Gasteiger partial charge in [-0.25, -0.2) is 0 Å². The second-order valence-electron chi connectivity index (χ2n) is 0.894. The molecule has 0 rings (SSSR count). The van der Waals surface area contributed by atoms with Crippen molar-refractivity contribution in [2.24, 2.45) is 0 Å². The minimum Gasteiger partial charge on any atom is -1.00 e. The van der Waals surface area contributed by atoms with Crippen LogP contribution in [0.4, 0.5) is 0 Å². The molecule has 0 fully saturated rings. The third-order valence-electron chi connectivity index (χ3n) is 0.200. The minimum absolute atomic E-state index is 0. The first-order valence-electron chi connectivity index (χ1n) is 2.26. The summed E-state index contributed by atoms with van der Waals surface area (Å²) in [7, 11) is 0. The van der Waals surface area contributed by atoms with Gasteiger partial charge in [0.25, 0.3) is 0 Å². The molecule has 0 aromatic carbocycles. The Labute approximate surface area is 101 Å². The van der Waals surface area contributed by atoms with E-state index in [9.17, 15) is 0 Å². The number of hydrogen-bond donors (Lipinski definition) is 4. The van der Waals surface area contributed by atoms with Crippen molar-refractivity contribution in [2.75, 3.05) is 26.4 Å². The largest absolute Gasteiger partial charge is 3.00 e. The summed E-state index contributed by atoms with van der Waals surface area (Å²) in [5.41, 5.74) is 0. The monoisotopic (exact) mass is 285 g/mol. The topological polar surface area (TPSA) is 80.9 Å². The molecule has 0 heterocycles. The van der Waals surface area contributed by atoms with Gasteiger partial charge in [0.2, 0.25) is 0 Å². The molecule has 81 valence electrons. The van der Waals surface area contributed by atoms with Crippen LogP contribution in [0.15, 0.2) is 0 Å². The van der Waals surface area contributed by atoms with E-state index >= 15 is 0 Å². The van der Waals surface area contributed by atoms with E-state index in [4.69, 9.17) is 20.4 Å². The Bertz CT molecular complexity index is 30.3. The third kappa shape index (κ3) is 113. The van der Waals surface area contributed by atoms with Gasteiger partial charge in [0, 0.05) is 0 Å². The molecule has 0 aromatic rings. The maximum atomic E-state index is 7.62. The Morgan fingerprint density at radius 2 is 0.583 bits per heavy atom. The van der Waals surface area contributed by atoms with Crippen LogP contribution in [-0.4, -0.2) is 46.9 Å². The molecule has 0 saturated heterocycles. The number of aliphatic hydroxyl groups excluding tert-OH is 4. The van der Waals surface area contributed by atoms with Crippen molar-refractivity contribution in [3.05, 3.63) is 0 Å². The predicted octanol–water partition coefficient (Wildman–Crippen LogP) is -11.0. The average molecular weight is 286 g/mol. The van der Waals surface area contributed by atoms with Crippen molar-refractivity contribution in [1.82, 2.24) is 0 Å². The van der Waals surface area contributed by atoms with Gasteiger partial charge in [-0.2, -0.15) is 0 Å². The van der Waals surface area contributed by atoms with E-state index in [-0.39, 0.29) is 80.7 Å². The zero-order valence-electron chi connectivity index (χ0n) is 6.10. The van der Waals surface area contributed by atoms with Gasteiger partial charge in [-0.05, 0) is 0 Å². The molecular weight excluding hydrogens is 274 g/mol. The number of aliphatic hydroxyl groups is 4. The van der Waals surface area contributed by atoms with Crippen molar-refractivity contribution < 1.29 is 74.7 Å². The predicted molar refractivity (Wildman–Crippen MR) is 28.3 cm³/mol. The van der Waals surface area contributed by atoms with Crippen molar-refractivity contribution in [2.45, 2.75) is 0 Å². The second kappa shape index (κ2) is 56.4. The van der Waals surface area contributed by atoms with Crippen LogP contribution in [0, 0.1) is 0 Å². The molecule has 0 aliphatic rings. The van der Waals surface area contributed by atoms with E-state index in [1.165, 1.54) is 0 Å². The van der Waals surface area contributed by atoms with Crippen LogP contribution in [0.25, 0.3) is 0 Å². The Morgan fingerprint density at radius 1 is 0.500 bits per heavy atom. The normalized spacial score (nSPS) is 5.00. The van der Waals surface area contributed by atoms with E-state index in [0.717, 1.165) is 0 Å². The van der Waals surface area contributed by atoms with E-state index in [2.05, 4.69) is 0 Å². The molecule has 0 unspecified atom stereocenters. The summed E-state index contributed by atoms with van der Waals surface area (Å²) in [6.45, 7) is -0.500. The van der Waals surface area contributed by atoms with Gasteiger partial charge >= 0.3 is 17.1 Å². The molecular formula is C4H12Cl3FeO4. The van der Waals surface area contributed by atoms with E-state index in [1.54, 1.807) is 0 Å². The van der Waals surface area contributed by atoms with Gasteiger partial charge in [0.1, 0.15) is 0 Å². The van der Waals surface area contributed by atoms with Crippen LogP contribution in [0.1, 0.15) is 0 Å². The minimum atomic E-state index is -0.125. The molecule has 0 spiro atoms. The molecule has 0 bridgehead atoms. The summed E-state index contributed by atoms with van der Waals surface area (Å²) < 4.78 is 0. The van der Waals surface area contributed by atoms with Gasteiger partial charge in [0.15, 0.2) is 0 Å². The standard InChI is InChI=1S/2C2H6O2.3ClH.Fe/c2*3-1-2-4;;;;/h2*3-4H,1-2H2;3*1H;/q;;;;;+3/p-3. The van der Waals surface area contributed by atoms with Gasteiger partial charge in [-0.15, -0.1) is 0 Å². The second-order valence-corrected chi connectivity index (χ2v) is 0.894. The summed E-state index contributed by atoms with van der Waals surface area (Å²) in [6.07, 6.45) is 0. The van der Waals surface area contributed by atoms with Crippen LogP contribution in [0.3, 0.4) is 0 Å². The van der Waals surface area contributed by atoms with Crippen LogP contribution in [0.2, 0.25) is 0 Å². The first-order chi connectivity index (χ1) is 3.83. The Kier molecular flexibility index (Phi) is 178. The van der Waals surface area contributed by atoms with Gasteiger partial charge in [-0.1, -0.05) is 0 Å². The maximum absolute atomic E-state index is 7.62. The summed E-state index contributed by atoms with van der Waals surface area (Å²) in [6, 6.07) is 0. The molecule has 0 atom stereocenters. The average Bonchev–Trinajstić information content (AvgIpc) is 1.88. The van der Waals surface area contributed by atoms with Gasteiger partial charge < -0.3 is 57.6 Å². The van der Waals surface area contributed by atoms with Gasteiger partial charge in [-0.3, -0.25) is 0 Å². The van der Waals surface area contributed by atoms with E-state index in [0.29, 0.717) is 0 Å². The van der Waals surface area contributed by atoms with Crippen LogP contribution >= 0.6 is 0 Å². The number of hydrogen-bond acceptors (Lipinski definition) is 4. The van der Waals surface area contributed by atoms with Crippen LogP contribution in [0.5, 0.6) is 0 Å². The van der Waals surface area contributed by atoms with E-state index in [1.807, 2.05) is 0 Å². The van der Waals surface area contributed by atoms with Crippen molar-refractivity contribution in [1.29, 1.82) is 0 Å². The quantitative estimate of drug-likeness (QED) is 0.380. The van der Waals surface area contributed by atoms with Gasteiger partial charge in [0.05, 0.1) is 26.4 Å². The molecule has 0 aliphatic heterocycles. The van der Waals surface area contributed by atoms with Crippen molar-refractivity contribution in [3.63, 3.8) is 0 Å². The van der Waals surface area contributed by atoms with Crippen LogP contribution in [-0.2, 0) is 17.1 Å². The summed E-state index contributed by atoms with van der Waals surface area (Å²) >= 11 is 0. The maximum Gasteiger partial charge on any atom is 3.00 e. The Hall–Kier alpha value is 1.23. The molecule has 0 aliphatic carbocycles. The smallest absolute Gasteiger partial charge is 1.00 e. The van der Waals surface area contributed by atoms with Crippen molar-refractivity contribution >= 4 is 0 Å². The molecule has 1 radical (unpaired) electrons. The van der Waals surface area contributed by atoms with E-state index < -0.39 is 0 Å². The Morgan fingerprint density at radius 3 is 0.583 bits per heavy atom.